The number of aliphatic hydroxyl groups is 1. The van der Waals surface area contributed by atoms with Gasteiger partial charge in [-0.2, -0.15) is 0 Å². The van der Waals surface area contributed by atoms with Crippen LogP contribution in [0.2, 0.25) is 0 Å². The topological polar surface area (TPSA) is 35.5 Å². The highest BCUT2D eigenvalue weighted by molar-refractivity contribution is 9.10. The number of anilines is 1. The SMILES string of the molecule is CCNCc1ccc(N(CC)CCCO)cc1Br. The molecule has 102 valence electrons. The molecule has 0 atom stereocenters. The molecule has 0 fully saturated rings. The lowest BCUT2D eigenvalue weighted by Gasteiger charge is -2.23. The summed E-state index contributed by atoms with van der Waals surface area (Å²) in [5.41, 5.74) is 2.48. The molecule has 2 N–H and O–H groups in total. The van der Waals surface area contributed by atoms with Gasteiger partial charge in [-0.3, -0.25) is 0 Å². The second-order valence-electron chi connectivity index (χ2n) is 4.21. The molecule has 0 unspecified atom stereocenters. The maximum Gasteiger partial charge on any atom is 0.0447 e. The molecule has 1 aromatic rings. The fraction of sp³-hybridized carbons (Fsp3) is 0.571. The zero-order valence-electron chi connectivity index (χ0n) is 11.2. The second-order valence-corrected chi connectivity index (χ2v) is 5.07. The Bertz CT molecular complexity index is 358. The van der Waals surface area contributed by atoms with Crippen LogP contribution in [0.15, 0.2) is 22.7 Å². The fourth-order valence-electron chi connectivity index (χ4n) is 1.87. The Kier molecular flexibility index (Phi) is 7.32. The van der Waals surface area contributed by atoms with E-state index in [9.17, 15) is 0 Å². The summed E-state index contributed by atoms with van der Waals surface area (Å²) in [6.07, 6.45) is 0.810. The van der Waals surface area contributed by atoms with E-state index < -0.39 is 0 Å². The van der Waals surface area contributed by atoms with E-state index in [1.165, 1.54) is 11.3 Å². The molecular weight excluding hydrogens is 292 g/mol. The molecule has 0 amide bonds. The van der Waals surface area contributed by atoms with Crippen LogP contribution < -0.4 is 10.2 Å². The van der Waals surface area contributed by atoms with Crippen molar-refractivity contribution in [2.24, 2.45) is 0 Å². The maximum atomic E-state index is 8.91. The molecule has 0 radical (unpaired) electrons. The van der Waals surface area contributed by atoms with Crippen LogP contribution in [-0.2, 0) is 6.54 Å². The summed E-state index contributed by atoms with van der Waals surface area (Å²) in [4.78, 5) is 2.28. The predicted octanol–water partition coefficient (Wildman–Crippen LogP) is 2.77. The van der Waals surface area contributed by atoms with Crippen molar-refractivity contribution in [1.82, 2.24) is 5.32 Å². The Balaban J connectivity index is 2.74. The highest BCUT2D eigenvalue weighted by Crippen LogP contribution is 2.24. The smallest absolute Gasteiger partial charge is 0.0447 e. The first-order chi connectivity index (χ1) is 8.72. The first kappa shape index (κ1) is 15.5. The van der Waals surface area contributed by atoms with Crippen LogP contribution in [0.3, 0.4) is 0 Å². The average molecular weight is 315 g/mol. The molecule has 0 saturated carbocycles. The highest BCUT2D eigenvalue weighted by atomic mass is 79.9. The van der Waals surface area contributed by atoms with Crippen molar-refractivity contribution < 1.29 is 5.11 Å². The third-order valence-electron chi connectivity index (χ3n) is 2.94. The summed E-state index contributed by atoms with van der Waals surface area (Å²) in [7, 11) is 0. The largest absolute Gasteiger partial charge is 0.396 e. The predicted molar refractivity (Wildman–Crippen MR) is 81.1 cm³/mol. The van der Waals surface area contributed by atoms with Gasteiger partial charge in [-0.05, 0) is 37.6 Å². The molecule has 0 aliphatic heterocycles. The van der Waals surface area contributed by atoms with E-state index in [2.05, 4.69) is 58.2 Å². The molecule has 0 aliphatic carbocycles. The zero-order chi connectivity index (χ0) is 13.4. The number of rotatable bonds is 8. The van der Waals surface area contributed by atoms with E-state index in [1.807, 2.05) is 0 Å². The molecule has 0 bridgehead atoms. The molecular formula is C14H23BrN2O. The highest BCUT2D eigenvalue weighted by Gasteiger charge is 2.06. The molecule has 0 heterocycles. The molecule has 0 spiro atoms. The maximum absolute atomic E-state index is 8.91. The number of hydrogen-bond acceptors (Lipinski definition) is 3. The number of hydrogen-bond donors (Lipinski definition) is 2. The van der Waals surface area contributed by atoms with Gasteiger partial charge in [-0.15, -0.1) is 0 Å². The Morgan fingerprint density at radius 3 is 2.67 bits per heavy atom. The van der Waals surface area contributed by atoms with Crippen molar-refractivity contribution in [1.29, 1.82) is 0 Å². The van der Waals surface area contributed by atoms with Crippen LogP contribution in [0.4, 0.5) is 5.69 Å². The first-order valence-electron chi connectivity index (χ1n) is 6.57. The minimum Gasteiger partial charge on any atom is -0.396 e. The molecule has 1 aromatic carbocycles. The van der Waals surface area contributed by atoms with Gasteiger partial charge in [-0.25, -0.2) is 0 Å². The van der Waals surface area contributed by atoms with E-state index in [4.69, 9.17) is 5.11 Å². The quantitative estimate of drug-likeness (QED) is 0.774. The first-order valence-corrected chi connectivity index (χ1v) is 7.37. The van der Waals surface area contributed by atoms with Crippen LogP contribution in [0, 0.1) is 0 Å². The van der Waals surface area contributed by atoms with Crippen LogP contribution in [0.1, 0.15) is 25.8 Å². The van der Waals surface area contributed by atoms with Gasteiger partial charge in [0.1, 0.15) is 0 Å². The number of nitrogens with one attached hydrogen (secondary N) is 1. The van der Waals surface area contributed by atoms with Crippen LogP contribution >= 0.6 is 15.9 Å². The lowest BCUT2D eigenvalue weighted by molar-refractivity contribution is 0.289. The summed E-state index contributed by atoms with van der Waals surface area (Å²) in [5.74, 6) is 0. The summed E-state index contributed by atoms with van der Waals surface area (Å²) in [6, 6.07) is 6.47. The number of benzene rings is 1. The van der Waals surface area contributed by atoms with Gasteiger partial charge < -0.3 is 15.3 Å². The Hall–Kier alpha value is -0.580. The van der Waals surface area contributed by atoms with Gasteiger partial charge in [0.2, 0.25) is 0 Å². The van der Waals surface area contributed by atoms with Crippen molar-refractivity contribution in [2.45, 2.75) is 26.8 Å². The third kappa shape index (κ3) is 4.59. The summed E-state index contributed by atoms with van der Waals surface area (Å²) < 4.78 is 1.14. The number of aliphatic hydroxyl groups excluding tert-OH is 1. The minimum absolute atomic E-state index is 0.246. The summed E-state index contributed by atoms with van der Waals surface area (Å²) >= 11 is 3.63. The van der Waals surface area contributed by atoms with Gasteiger partial charge in [-0.1, -0.05) is 28.9 Å². The molecule has 1 rings (SSSR count). The Morgan fingerprint density at radius 1 is 1.33 bits per heavy atom. The van der Waals surface area contributed by atoms with Crippen molar-refractivity contribution >= 4 is 21.6 Å². The molecule has 0 saturated heterocycles. The molecule has 3 nitrogen and oxygen atoms in total. The van der Waals surface area contributed by atoms with Crippen molar-refractivity contribution in [2.75, 3.05) is 31.1 Å². The second kappa shape index (κ2) is 8.51. The molecule has 0 aliphatic rings. The Morgan fingerprint density at radius 2 is 2.11 bits per heavy atom. The fourth-order valence-corrected chi connectivity index (χ4v) is 2.37. The van der Waals surface area contributed by atoms with E-state index in [1.54, 1.807) is 0 Å². The average Bonchev–Trinajstić information content (AvgIpc) is 2.38. The van der Waals surface area contributed by atoms with E-state index in [-0.39, 0.29) is 6.61 Å². The molecule has 18 heavy (non-hydrogen) atoms. The molecule has 4 heteroatoms. The summed E-state index contributed by atoms with van der Waals surface area (Å²) in [6.45, 7) is 8.21. The normalized spacial score (nSPS) is 10.7. The lowest BCUT2D eigenvalue weighted by Crippen LogP contribution is -2.24. The van der Waals surface area contributed by atoms with Crippen LogP contribution in [0.5, 0.6) is 0 Å². The Labute approximate surface area is 118 Å². The van der Waals surface area contributed by atoms with Crippen LogP contribution in [-0.4, -0.2) is 31.3 Å². The zero-order valence-corrected chi connectivity index (χ0v) is 12.8. The van der Waals surface area contributed by atoms with Crippen molar-refractivity contribution in [3.05, 3.63) is 28.2 Å². The van der Waals surface area contributed by atoms with Gasteiger partial charge in [0, 0.05) is 36.4 Å². The standard InChI is InChI=1S/C14H23BrN2O/c1-3-16-11-12-6-7-13(10-14(12)15)17(4-2)8-5-9-18/h6-7,10,16,18H,3-5,8-9,11H2,1-2H3. The van der Waals surface area contributed by atoms with Gasteiger partial charge in [0.25, 0.3) is 0 Å². The van der Waals surface area contributed by atoms with E-state index in [0.29, 0.717) is 0 Å². The number of halogens is 1. The number of nitrogens with zero attached hydrogens (tertiary/aromatic N) is 1. The van der Waals surface area contributed by atoms with Crippen molar-refractivity contribution in [3.63, 3.8) is 0 Å². The van der Waals surface area contributed by atoms with E-state index >= 15 is 0 Å². The van der Waals surface area contributed by atoms with Crippen molar-refractivity contribution in [3.8, 4) is 0 Å². The van der Waals surface area contributed by atoms with Crippen LogP contribution in [0.25, 0.3) is 0 Å². The molecule has 0 aromatic heterocycles. The summed E-state index contributed by atoms with van der Waals surface area (Å²) in [5, 5.41) is 12.2. The van der Waals surface area contributed by atoms with E-state index in [0.717, 1.165) is 37.1 Å². The van der Waals surface area contributed by atoms with Gasteiger partial charge in [0.15, 0.2) is 0 Å². The monoisotopic (exact) mass is 314 g/mol. The third-order valence-corrected chi connectivity index (χ3v) is 3.67. The minimum atomic E-state index is 0.246. The van der Waals surface area contributed by atoms with Gasteiger partial charge >= 0.3 is 0 Å². The van der Waals surface area contributed by atoms with Gasteiger partial charge in [0.05, 0.1) is 0 Å². The lowest BCUT2D eigenvalue weighted by atomic mass is 10.2.